The molecule has 0 aliphatic carbocycles. The molecule has 0 radical (unpaired) electrons. The van der Waals surface area contributed by atoms with Crippen molar-refractivity contribution in [3.63, 3.8) is 0 Å². The van der Waals surface area contributed by atoms with E-state index in [1.54, 1.807) is 6.92 Å². The van der Waals surface area contributed by atoms with Crippen molar-refractivity contribution < 1.29 is 37.6 Å². The van der Waals surface area contributed by atoms with E-state index in [2.05, 4.69) is 13.8 Å². The van der Waals surface area contributed by atoms with E-state index in [-0.39, 0.29) is 32.2 Å². The minimum absolute atomic E-state index is 0.00574. The van der Waals surface area contributed by atoms with E-state index < -0.39 is 19.9 Å². The zero-order valence-corrected chi connectivity index (χ0v) is 35.4. The molecule has 0 saturated carbocycles. The van der Waals surface area contributed by atoms with Crippen molar-refractivity contribution in [2.45, 2.75) is 245 Å². The van der Waals surface area contributed by atoms with Crippen LogP contribution in [0, 0.1) is 0 Å². The highest BCUT2D eigenvalue weighted by Crippen LogP contribution is 2.43. The van der Waals surface area contributed by atoms with Gasteiger partial charge in [-0.25, -0.2) is 4.57 Å². The Morgan fingerprint density at radius 2 is 0.750 bits per heavy atom. The second-order valence-electron chi connectivity index (χ2n) is 15.1. The van der Waals surface area contributed by atoms with Gasteiger partial charge in [0.15, 0.2) is 6.10 Å². The number of hydrogen-bond donors (Lipinski definition) is 1. The standard InChI is InChI=1S/C43H85O8P/c1-4-7-9-11-13-15-17-19-21-22-24-26-28-30-32-34-36-38-43(45)51-41(40-50-52(46,47)49-6-3)39-48-42(44)37-35-33-31-29-27-25-23-20-18-16-14-12-10-8-5-2/h41H,4-40H2,1-3H3,(H,46,47). The van der Waals surface area contributed by atoms with E-state index >= 15 is 0 Å². The molecule has 0 spiro atoms. The largest absolute Gasteiger partial charge is 0.472 e. The van der Waals surface area contributed by atoms with Gasteiger partial charge in [-0.05, 0) is 19.8 Å². The Labute approximate surface area is 321 Å². The highest BCUT2D eigenvalue weighted by molar-refractivity contribution is 7.47. The van der Waals surface area contributed by atoms with Crippen LogP contribution in [0.5, 0.6) is 0 Å². The van der Waals surface area contributed by atoms with Crippen molar-refractivity contribution in [1.82, 2.24) is 0 Å². The predicted octanol–water partition coefficient (Wildman–Crippen LogP) is 13.9. The van der Waals surface area contributed by atoms with E-state index in [4.69, 9.17) is 18.5 Å². The summed E-state index contributed by atoms with van der Waals surface area (Å²) in [6, 6.07) is 0. The van der Waals surface area contributed by atoms with Crippen LogP contribution in [0.4, 0.5) is 0 Å². The Hall–Kier alpha value is -0.950. The Kier molecular flexibility index (Phi) is 39.0. The maximum absolute atomic E-state index is 12.6. The van der Waals surface area contributed by atoms with Crippen molar-refractivity contribution in [2.24, 2.45) is 0 Å². The van der Waals surface area contributed by atoms with Crippen molar-refractivity contribution in [1.29, 1.82) is 0 Å². The Morgan fingerprint density at radius 3 is 1.08 bits per heavy atom. The normalized spacial score (nSPS) is 13.2. The van der Waals surface area contributed by atoms with Crippen LogP contribution in [0.15, 0.2) is 0 Å². The maximum atomic E-state index is 12.6. The number of unbranched alkanes of at least 4 members (excludes halogenated alkanes) is 30. The van der Waals surface area contributed by atoms with Crippen molar-refractivity contribution in [2.75, 3.05) is 19.8 Å². The number of phosphoric ester groups is 1. The van der Waals surface area contributed by atoms with Crippen LogP contribution < -0.4 is 0 Å². The molecule has 0 aromatic heterocycles. The van der Waals surface area contributed by atoms with Gasteiger partial charge in [-0.3, -0.25) is 18.6 Å². The number of esters is 2. The van der Waals surface area contributed by atoms with Crippen LogP contribution >= 0.6 is 7.82 Å². The number of rotatable bonds is 42. The highest BCUT2D eigenvalue weighted by Gasteiger charge is 2.25. The van der Waals surface area contributed by atoms with Gasteiger partial charge in [-0.15, -0.1) is 0 Å². The fraction of sp³-hybridized carbons (Fsp3) is 0.953. The average molecular weight is 761 g/mol. The van der Waals surface area contributed by atoms with Crippen molar-refractivity contribution in [3.05, 3.63) is 0 Å². The van der Waals surface area contributed by atoms with Gasteiger partial charge in [0, 0.05) is 12.8 Å². The van der Waals surface area contributed by atoms with Crippen LogP contribution in [0.1, 0.15) is 239 Å². The summed E-state index contributed by atoms with van der Waals surface area (Å²) in [7, 11) is -4.27. The summed E-state index contributed by atoms with van der Waals surface area (Å²) < 4.78 is 32.7. The molecular formula is C43H85O8P. The van der Waals surface area contributed by atoms with Gasteiger partial charge in [0.05, 0.1) is 13.2 Å². The van der Waals surface area contributed by atoms with Gasteiger partial charge in [-0.1, -0.05) is 206 Å². The monoisotopic (exact) mass is 761 g/mol. The van der Waals surface area contributed by atoms with E-state index in [0.29, 0.717) is 6.42 Å². The topological polar surface area (TPSA) is 108 Å². The van der Waals surface area contributed by atoms with Crippen LogP contribution in [0.25, 0.3) is 0 Å². The first-order chi connectivity index (χ1) is 25.3. The van der Waals surface area contributed by atoms with Gasteiger partial charge in [0.1, 0.15) is 6.61 Å². The van der Waals surface area contributed by atoms with E-state index in [0.717, 1.165) is 38.5 Å². The third-order valence-corrected chi connectivity index (χ3v) is 11.0. The lowest BCUT2D eigenvalue weighted by Crippen LogP contribution is -2.29. The number of phosphoric acid groups is 1. The molecule has 2 atom stereocenters. The Bertz CT molecular complexity index is 823. The lowest BCUT2D eigenvalue weighted by Gasteiger charge is -2.19. The molecule has 2 unspecified atom stereocenters. The molecule has 0 amide bonds. The molecule has 0 aliphatic heterocycles. The number of ether oxygens (including phenoxy) is 2. The molecule has 1 N–H and O–H groups in total. The van der Waals surface area contributed by atoms with E-state index in [1.807, 2.05) is 0 Å². The average Bonchev–Trinajstić information content (AvgIpc) is 3.12. The Morgan fingerprint density at radius 1 is 0.442 bits per heavy atom. The molecule has 0 fully saturated rings. The molecule has 9 heteroatoms. The molecule has 0 aromatic carbocycles. The minimum Gasteiger partial charge on any atom is -0.462 e. The zero-order valence-electron chi connectivity index (χ0n) is 34.5. The molecule has 0 heterocycles. The van der Waals surface area contributed by atoms with E-state index in [9.17, 15) is 19.0 Å². The lowest BCUT2D eigenvalue weighted by molar-refractivity contribution is -0.161. The summed E-state index contributed by atoms with van der Waals surface area (Å²) in [6.07, 6.45) is 40.1. The van der Waals surface area contributed by atoms with Gasteiger partial charge >= 0.3 is 19.8 Å². The van der Waals surface area contributed by atoms with Gasteiger partial charge in [0.2, 0.25) is 0 Å². The van der Waals surface area contributed by atoms with Crippen LogP contribution in [-0.2, 0) is 32.7 Å². The van der Waals surface area contributed by atoms with Crippen molar-refractivity contribution in [3.8, 4) is 0 Å². The second-order valence-corrected chi connectivity index (χ2v) is 16.5. The first-order valence-corrected chi connectivity index (χ1v) is 23.8. The Balaban J connectivity index is 4.01. The first kappa shape index (κ1) is 51.0. The van der Waals surface area contributed by atoms with Gasteiger partial charge < -0.3 is 14.4 Å². The third kappa shape index (κ3) is 38.8. The van der Waals surface area contributed by atoms with Crippen molar-refractivity contribution >= 4 is 19.8 Å². The second kappa shape index (κ2) is 39.7. The summed E-state index contributed by atoms with van der Waals surface area (Å²) >= 11 is 0. The van der Waals surface area contributed by atoms with E-state index in [1.165, 1.54) is 167 Å². The third-order valence-electron chi connectivity index (χ3n) is 9.91. The molecule has 0 rings (SSSR count). The fourth-order valence-electron chi connectivity index (χ4n) is 6.63. The molecule has 0 bridgehead atoms. The summed E-state index contributed by atoms with van der Waals surface area (Å²) in [5.74, 6) is -0.780. The predicted molar refractivity (Wildman–Crippen MR) is 217 cm³/mol. The SMILES string of the molecule is CCCCCCCCCCCCCCCCCCCC(=O)OC(COC(=O)CCCCCCCCCCCCCCCCC)COP(=O)(O)OCC. The van der Waals surface area contributed by atoms with Crippen LogP contribution in [0.2, 0.25) is 0 Å². The molecule has 8 nitrogen and oxygen atoms in total. The highest BCUT2D eigenvalue weighted by atomic mass is 31.2. The molecule has 0 saturated heterocycles. The smallest absolute Gasteiger partial charge is 0.462 e. The molecule has 0 aromatic rings. The summed E-state index contributed by atoms with van der Waals surface area (Å²) in [5, 5.41) is 0. The number of carbonyl (C=O) groups excluding carboxylic acids is 2. The minimum atomic E-state index is -4.27. The summed E-state index contributed by atoms with van der Waals surface area (Å²) in [4.78, 5) is 34.7. The van der Waals surface area contributed by atoms with Gasteiger partial charge in [-0.2, -0.15) is 0 Å². The molecule has 52 heavy (non-hydrogen) atoms. The van der Waals surface area contributed by atoms with Crippen LogP contribution in [-0.4, -0.2) is 42.8 Å². The fourth-order valence-corrected chi connectivity index (χ4v) is 7.39. The number of hydrogen-bond acceptors (Lipinski definition) is 7. The number of carbonyl (C=O) groups is 2. The first-order valence-electron chi connectivity index (χ1n) is 22.3. The molecule has 0 aliphatic rings. The summed E-state index contributed by atoms with van der Waals surface area (Å²) in [6.45, 7) is 5.52. The quantitative estimate of drug-likeness (QED) is 0.0372. The zero-order chi connectivity index (χ0) is 38.2. The molecule has 310 valence electrons. The maximum Gasteiger partial charge on any atom is 0.472 e. The van der Waals surface area contributed by atoms with Crippen LogP contribution in [0.3, 0.4) is 0 Å². The lowest BCUT2D eigenvalue weighted by atomic mass is 10.0. The summed E-state index contributed by atoms with van der Waals surface area (Å²) in [5.41, 5.74) is 0. The molecular weight excluding hydrogens is 675 g/mol. The van der Waals surface area contributed by atoms with Gasteiger partial charge in [0.25, 0.3) is 0 Å².